The Kier molecular flexibility index (Phi) is 9.70. The number of rotatable bonds is 6. The lowest BCUT2D eigenvalue weighted by molar-refractivity contribution is -0.115. The monoisotopic (exact) mass is 488 g/mol. The van der Waals surface area contributed by atoms with E-state index in [1.54, 1.807) is 0 Å². The van der Waals surface area contributed by atoms with E-state index in [1.165, 1.54) is 7.05 Å². The van der Waals surface area contributed by atoms with Crippen molar-refractivity contribution in [2.75, 3.05) is 18.9 Å². The predicted molar refractivity (Wildman–Crippen MR) is 114 cm³/mol. The van der Waals surface area contributed by atoms with Gasteiger partial charge in [0, 0.05) is 24.8 Å². The molecule has 0 saturated heterocycles. The van der Waals surface area contributed by atoms with Gasteiger partial charge in [0.15, 0.2) is 5.96 Å². The quantitative estimate of drug-likeness (QED) is 0.332. The number of halogens is 3. The first kappa shape index (κ1) is 22.8. The van der Waals surface area contributed by atoms with Crippen molar-refractivity contribution in [3.63, 3.8) is 0 Å². The van der Waals surface area contributed by atoms with Crippen molar-refractivity contribution in [1.29, 1.82) is 0 Å². The Morgan fingerprint density at radius 2 is 1.89 bits per heavy atom. The van der Waals surface area contributed by atoms with Crippen LogP contribution in [-0.4, -0.2) is 25.5 Å². The smallest absolute Gasteiger partial charge is 0.243 e. The van der Waals surface area contributed by atoms with Crippen LogP contribution in [0.2, 0.25) is 0 Å². The number of aryl methyl sites for hydroxylation is 1. The number of hydrogen-bond acceptors (Lipinski definition) is 2. The molecule has 5 nitrogen and oxygen atoms in total. The molecule has 2 aromatic rings. The number of carbonyl (C=O) groups excluding carboxylic acids is 1. The molecule has 3 N–H and O–H groups in total. The first-order valence-corrected chi connectivity index (χ1v) is 8.29. The highest BCUT2D eigenvalue weighted by atomic mass is 127. The Bertz CT molecular complexity index is 799. The van der Waals surface area contributed by atoms with Crippen LogP contribution in [0.25, 0.3) is 0 Å². The molecule has 8 heteroatoms. The van der Waals surface area contributed by atoms with E-state index < -0.39 is 11.6 Å². The maximum Gasteiger partial charge on any atom is 0.243 e. The summed E-state index contributed by atoms with van der Waals surface area (Å²) >= 11 is 0. The topological polar surface area (TPSA) is 65.5 Å². The van der Waals surface area contributed by atoms with Crippen molar-refractivity contribution >= 4 is 41.5 Å². The molecule has 1 amide bonds. The average Bonchev–Trinajstić information content (AvgIpc) is 2.64. The zero-order valence-electron chi connectivity index (χ0n) is 15.2. The lowest BCUT2D eigenvalue weighted by atomic mass is 10.1. The molecule has 0 radical (unpaired) electrons. The molecule has 0 unspecified atom stereocenters. The molecule has 0 spiro atoms. The molecule has 0 fully saturated rings. The van der Waals surface area contributed by atoms with Crippen molar-refractivity contribution in [2.45, 2.75) is 19.9 Å². The van der Waals surface area contributed by atoms with Crippen LogP contribution in [0.5, 0.6) is 0 Å². The van der Waals surface area contributed by atoms with Crippen LogP contribution >= 0.6 is 24.0 Å². The molecule has 2 aromatic carbocycles. The second-order valence-corrected chi connectivity index (χ2v) is 5.62. The Morgan fingerprint density at radius 3 is 2.59 bits per heavy atom. The van der Waals surface area contributed by atoms with Gasteiger partial charge < -0.3 is 16.0 Å². The van der Waals surface area contributed by atoms with Crippen LogP contribution in [0.4, 0.5) is 14.5 Å². The van der Waals surface area contributed by atoms with Crippen LogP contribution in [0.3, 0.4) is 0 Å². The van der Waals surface area contributed by atoms with E-state index in [9.17, 15) is 13.6 Å². The van der Waals surface area contributed by atoms with Gasteiger partial charge in [0.25, 0.3) is 0 Å². The minimum atomic E-state index is -0.514. The molecular formula is C19H23F2IN4O. The summed E-state index contributed by atoms with van der Waals surface area (Å²) in [6.45, 7) is 2.07. The van der Waals surface area contributed by atoms with Crippen LogP contribution in [0, 0.1) is 11.6 Å². The highest BCUT2D eigenvalue weighted by molar-refractivity contribution is 14.0. The minimum absolute atomic E-state index is 0. The zero-order valence-corrected chi connectivity index (χ0v) is 17.5. The second-order valence-electron chi connectivity index (χ2n) is 5.62. The number of amides is 1. The first-order chi connectivity index (χ1) is 12.5. The number of benzene rings is 2. The molecule has 0 saturated carbocycles. The van der Waals surface area contributed by atoms with E-state index in [-0.39, 0.29) is 48.5 Å². The summed E-state index contributed by atoms with van der Waals surface area (Å²) in [6.07, 6.45) is 0.884. The second kappa shape index (κ2) is 11.5. The van der Waals surface area contributed by atoms with Crippen molar-refractivity contribution < 1.29 is 13.6 Å². The number of nitrogens with one attached hydrogen (secondary N) is 3. The number of guanidine groups is 1. The lowest BCUT2D eigenvalue weighted by Crippen LogP contribution is -2.41. The zero-order chi connectivity index (χ0) is 18.9. The van der Waals surface area contributed by atoms with Crippen molar-refractivity contribution in [3.05, 3.63) is 65.2 Å². The Balaban J connectivity index is 0.00000364. The van der Waals surface area contributed by atoms with Gasteiger partial charge in [-0.25, -0.2) is 8.78 Å². The maximum atomic E-state index is 13.6. The van der Waals surface area contributed by atoms with E-state index in [2.05, 4.69) is 20.9 Å². The van der Waals surface area contributed by atoms with Gasteiger partial charge in [-0.2, -0.15) is 0 Å². The van der Waals surface area contributed by atoms with Gasteiger partial charge in [0.05, 0.1) is 6.54 Å². The number of hydrogen-bond donors (Lipinski definition) is 3. The summed E-state index contributed by atoms with van der Waals surface area (Å²) in [5.74, 6) is -0.952. The molecular weight excluding hydrogens is 465 g/mol. The third kappa shape index (κ3) is 7.49. The molecule has 0 atom stereocenters. The summed E-state index contributed by atoms with van der Waals surface area (Å²) in [5.41, 5.74) is 2.03. The van der Waals surface area contributed by atoms with E-state index in [0.29, 0.717) is 5.96 Å². The van der Waals surface area contributed by atoms with Gasteiger partial charge in [-0.15, -0.1) is 24.0 Å². The summed E-state index contributed by atoms with van der Waals surface area (Å²) in [6, 6.07) is 10.9. The van der Waals surface area contributed by atoms with Crippen LogP contribution in [0.15, 0.2) is 47.5 Å². The molecule has 0 aliphatic carbocycles. The summed E-state index contributed by atoms with van der Waals surface area (Å²) in [5, 5.41) is 8.47. The van der Waals surface area contributed by atoms with Gasteiger partial charge >= 0.3 is 0 Å². The van der Waals surface area contributed by atoms with Gasteiger partial charge in [0.1, 0.15) is 11.6 Å². The molecule has 27 heavy (non-hydrogen) atoms. The molecule has 0 aromatic heterocycles. The van der Waals surface area contributed by atoms with Gasteiger partial charge in [0.2, 0.25) is 5.91 Å². The lowest BCUT2D eigenvalue weighted by Gasteiger charge is -2.13. The Hall–Kier alpha value is -2.23. The highest BCUT2D eigenvalue weighted by Crippen LogP contribution is 2.11. The van der Waals surface area contributed by atoms with Gasteiger partial charge in [-0.3, -0.25) is 9.79 Å². The largest absolute Gasteiger partial charge is 0.352 e. The van der Waals surface area contributed by atoms with Gasteiger partial charge in [-0.1, -0.05) is 19.1 Å². The standard InChI is InChI=1S/C19H22F2N4O.HI/c1-3-13-5-4-6-16(9-13)25-18(26)12-24-19(22-2)23-11-14-10-15(20)7-8-17(14)21;/h4-10H,3,11-12H2,1-2H3,(H,25,26)(H2,22,23,24);1H. The number of nitrogens with zero attached hydrogens (tertiary/aromatic N) is 1. The molecule has 0 aliphatic heterocycles. The third-order valence-corrected chi connectivity index (χ3v) is 3.71. The average molecular weight is 488 g/mol. The minimum Gasteiger partial charge on any atom is -0.352 e. The number of aliphatic imine (C=N–C) groups is 1. The molecule has 0 heterocycles. The highest BCUT2D eigenvalue weighted by Gasteiger charge is 2.07. The first-order valence-electron chi connectivity index (χ1n) is 8.29. The van der Waals surface area contributed by atoms with E-state index in [0.717, 1.165) is 35.9 Å². The maximum absolute atomic E-state index is 13.6. The van der Waals surface area contributed by atoms with Crippen LogP contribution < -0.4 is 16.0 Å². The fourth-order valence-electron chi connectivity index (χ4n) is 2.32. The molecule has 146 valence electrons. The summed E-state index contributed by atoms with van der Waals surface area (Å²) < 4.78 is 26.8. The molecule has 2 rings (SSSR count). The van der Waals surface area contributed by atoms with E-state index >= 15 is 0 Å². The SMILES string of the molecule is CCc1cccc(NC(=O)CNC(=NC)NCc2cc(F)ccc2F)c1.I. The molecule has 0 aliphatic rings. The fraction of sp³-hybridized carbons (Fsp3) is 0.263. The Labute approximate surface area is 174 Å². The Morgan fingerprint density at radius 1 is 1.11 bits per heavy atom. The van der Waals surface area contributed by atoms with Crippen LogP contribution in [-0.2, 0) is 17.8 Å². The van der Waals surface area contributed by atoms with Crippen molar-refractivity contribution in [3.8, 4) is 0 Å². The van der Waals surface area contributed by atoms with E-state index in [4.69, 9.17) is 0 Å². The third-order valence-electron chi connectivity index (χ3n) is 3.71. The van der Waals surface area contributed by atoms with Crippen molar-refractivity contribution in [2.24, 2.45) is 4.99 Å². The summed E-state index contributed by atoms with van der Waals surface area (Å²) in [7, 11) is 1.53. The molecule has 0 bridgehead atoms. The number of carbonyl (C=O) groups is 1. The number of anilines is 1. The normalized spacial score (nSPS) is 10.7. The summed E-state index contributed by atoms with van der Waals surface area (Å²) in [4.78, 5) is 16.0. The van der Waals surface area contributed by atoms with Crippen molar-refractivity contribution in [1.82, 2.24) is 10.6 Å². The fourth-order valence-corrected chi connectivity index (χ4v) is 2.32. The predicted octanol–water partition coefficient (Wildman–Crippen LogP) is 3.45. The van der Waals surface area contributed by atoms with E-state index in [1.807, 2.05) is 31.2 Å². The van der Waals surface area contributed by atoms with Gasteiger partial charge in [-0.05, 0) is 42.3 Å². The van der Waals surface area contributed by atoms with Crippen LogP contribution in [0.1, 0.15) is 18.1 Å².